The molecule has 0 spiro atoms. The number of unbranched alkanes of at least 4 members (excludes halogenated alkanes) is 1. The molecule has 0 heterocycles. The van der Waals surface area contributed by atoms with E-state index in [1.165, 1.54) is 12.0 Å². The summed E-state index contributed by atoms with van der Waals surface area (Å²) in [5.74, 6) is 0.955. The largest absolute Gasteiger partial charge is 0.494 e. The van der Waals surface area contributed by atoms with Gasteiger partial charge in [0.05, 0.1) is 13.2 Å². The number of methoxy groups -OCH3 is 1. The average molecular weight is 251 g/mol. The standard InChI is InChI=1S/C15H25NO2/c1-4-5-11-18-15-8-6-14(7-9-15)13(2)16-10-12-17-3/h6-9,13,16H,4-5,10-12H2,1-3H3/t13-/m0/s1. The third kappa shape index (κ3) is 5.52. The maximum absolute atomic E-state index is 5.64. The predicted octanol–water partition coefficient (Wildman–Crippen LogP) is 3.16. The second-order valence-corrected chi connectivity index (χ2v) is 4.44. The van der Waals surface area contributed by atoms with Crippen LogP contribution in [0.3, 0.4) is 0 Å². The van der Waals surface area contributed by atoms with Crippen molar-refractivity contribution in [2.75, 3.05) is 26.9 Å². The summed E-state index contributed by atoms with van der Waals surface area (Å²) in [4.78, 5) is 0. The molecule has 0 unspecified atom stereocenters. The number of ether oxygens (including phenoxy) is 2. The molecule has 0 aliphatic carbocycles. The monoisotopic (exact) mass is 251 g/mol. The molecule has 0 aromatic heterocycles. The second kappa shape index (κ2) is 8.95. The van der Waals surface area contributed by atoms with Crippen molar-refractivity contribution in [1.29, 1.82) is 0 Å². The Bertz CT molecular complexity index is 311. The average Bonchev–Trinajstić information content (AvgIpc) is 2.40. The zero-order chi connectivity index (χ0) is 13.2. The SMILES string of the molecule is CCCCOc1ccc([C@H](C)NCCOC)cc1. The Morgan fingerprint density at radius 1 is 1.17 bits per heavy atom. The topological polar surface area (TPSA) is 30.5 Å². The van der Waals surface area contributed by atoms with Crippen LogP contribution in [0.25, 0.3) is 0 Å². The van der Waals surface area contributed by atoms with Gasteiger partial charge in [-0.2, -0.15) is 0 Å². The van der Waals surface area contributed by atoms with Gasteiger partial charge in [0.2, 0.25) is 0 Å². The van der Waals surface area contributed by atoms with Crippen molar-refractivity contribution < 1.29 is 9.47 Å². The van der Waals surface area contributed by atoms with Gasteiger partial charge in [0.15, 0.2) is 0 Å². The number of rotatable bonds is 9. The van der Waals surface area contributed by atoms with Crippen molar-refractivity contribution in [2.24, 2.45) is 0 Å². The minimum atomic E-state index is 0.338. The molecule has 1 N–H and O–H groups in total. The van der Waals surface area contributed by atoms with Crippen LogP contribution in [-0.4, -0.2) is 26.9 Å². The van der Waals surface area contributed by atoms with E-state index in [9.17, 15) is 0 Å². The Balaban J connectivity index is 2.38. The van der Waals surface area contributed by atoms with E-state index in [2.05, 4.69) is 31.3 Å². The molecule has 1 atom stereocenters. The summed E-state index contributed by atoms with van der Waals surface area (Å²) in [6.07, 6.45) is 2.27. The lowest BCUT2D eigenvalue weighted by atomic mass is 10.1. The van der Waals surface area contributed by atoms with Crippen LogP contribution in [0.2, 0.25) is 0 Å². The van der Waals surface area contributed by atoms with Gasteiger partial charge in [-0.3, -0.25) is 0 Å². The molecule has 0 fully saturated rings. The number of nitrogens with one attached hydrogen (secondary N) is 1. The first-order valence-corrected chi connectivity index (χ1v) is 6.73. The summed E-state index contributed by atoms with van der Waals surface area (Å²) < 4.78 is 10.7. The maximum Gasteiger partial charge on any atom is 0.119 e. The molecule has 0 aliphatic heterocycles. The molecular weight excluding hydrogens is 226 g/mol. The Morgan fingerprint density at radius 3 is 2.50 bits per heavy atom. The maximum atomic E-state index is 5.64. The van der Waals surface area contributed by atoms with Crippen molar-refractivity contribution >= 4 is 0 Å². The van der Waals surface area contributed by atoms with E-state index in [-0.39, 0.29) is 0 Å². The van der Waals surface area contributed by atoms with Gasteiger partial charge in [-0.05, 0) is 31.0 Å². The number of hydrogen-bond acceptors (Lipinski definition) is 3. The first-order chi connectivity index (χ1) is 8.77. The molecule has 0 saturated heterocycles. The summed E-state index contributed by atoms with van der Waals surface area (Å²) in [7, 11) is 1.72. The molecule has 1 aromatic carbocycles. The van der Waals surface area contributed by atoms with Gasteiger partial charge in [-0.15, -0.1) is 0 Å². The molecular formula is C15H25NO2. The zero-order valence-electron chi connectivity index (χ0n) is 11.7. The Kier molecular flexibility index (Phi) is 7.46. The minimum absolute atomic E-state index is 0.338. The van der Waals surface area contributed by atoms with Crippen molar-refractivity contribution in [3.63, 3.8) is 0 Å². The van der Waals surface area contributed by atoms with Crippen LogP contribution in [0, 0.1) is 0 Å². The van der Waals surface area contributed by atoms with E-state index in [0.29, 0.717) is 6.04 Å². The molecule has 0 saturated carbocycles. The van der Waals surface area contributed by atoms with Gasteiger partial charge < -0.3 is 14.8 Å². The van der Waals surface area contributed by atoms with Crippen molar-refractivity contribution in [3.05, 3.63) is 29.8 Å². The first kappa shape index (κ1) is 15.0. The fourth-order valence-electron chi connectivity index (χ4n) is 1.68. The highest BCUT2D eigenvalue weighted by atomic mass is 16.5. The highest BCUT2D eigenvalue weighted by molar-refractivity contribution is 5.28. The summed E-state index contributed by atoms with van der Waals surface area (Å²) >= 11 is 0. The molecule has 1 aromatic rings. The van der Waals surface area contributed by atoms with Crippen LogP contribution < -0.4 is 10.1 Å². The number of benzene rings is 1. The highest BCUT2D eigenvalue weighted by Crippen LogP contribution is 2.17. The normalized spacial score (nSPS) is 12.4. The molecule has 3 heteroatoms. The lowest BCUT2D eigenvalue weighted by Crippen LogP contribution is -2.22. The third-order valence-corrected chi connectivity index (χ3v) is 2.90. The lowest BCUT2D eigenvalue weighted by molar-refractivity contribution is 0.196. The smallest absolute Gasteiger partial charge is 0.119 e. The molecule has 0 amide bonds. The van der Waals surface area contributed by atoms with E-state index in [4.69, 9.17) is 9.47 Å². The van der Waals surface area contributed by atoms with E-state index in [1.807, 2.05) is 12.1 Å². The fraction of sp³-hybridized carbons (Fsp3) is 0.600. The third-order valence-electron chi connectivity index (χ3n) is 2.90. The van der Waals surface area contributed by atoms with E-state index in [1.54, 1.807) is 7.11 Å². The molecule has 18 heavy (non-hydrogen) atoms. The first-order valence-electron chi connectivity index (χ1n) is 6.73. The van der Waals surface area contributed by atoms with E-state index < -0.39 is 0 Å². The zero-order valence-corrected chi connectivity index (χ0v) is 11.7. The van der Waals surface area contributed by atoms with Crippen molar-refractivity contribution in [1.82, 2.24) is 5.32 Å². The van der Waals surface area contributed by atoms with Crippen molar-refractivity contribution in [3.8, 4) is 5.75 Å². The molecule has 1 rings (SSSR count). The van der Waals surface area contributed by atoms with Crippen LogP contribution in [0.4, 0.5) is 0 Å². The summed E-state index contributed by atoms with van der Waals surface area (Å²) in [5.41, 5.74) is 1.27. The lowest BCUT2D eigenvalue weighted by Gasteiger charge is -2.14. The van der Waals surface area contributed by atoms with Crippen LogP contribution in [0.1, 0.15) is 38.3 Å². The van der Waals surface area contributed by atoms with E-state index in [0.717, 1.165) is 31.9 Å². The van der Waals surface area contributed by atoms with Gasteiger partial charge in [0.25, 0.3) is 0 Å². The van der Waals surface area contributed by atoms with Gasteiger partial charge >= 0.3 is 0 Å². The predicted molar refractivity (Wildman–Crippen MR) is 75.1 cm³/mol. The molecule has 3 nitrogen and oxygen atoms in total. The van der Waals surface area contributed by atoms with Crippen LogP contribution in [0.15, 0.2) is 24.3 Å². The number of hydrogen-bond donors (Lipinski definition) is 1. The van der Waals surface area contributed by atoms with E-state index >= 15 is 0 Å². The van der Waals surface area contributed by atoms with Gasteiger partial charge in [-0.25, -0.2) is 0 Å². The Morgan fingerprint density at radius 2 is 1.89 bits per heavy atom. The van der Waals surface area contributed by atoms with Crippen LogP contribution in [-0.2, 0) is 4.74 Å². The van der Waals surface area contributed by atoms with Crippen molar-refractivity contribution in [2.45, 2.75) is 32.7 Å². The quantitative estimate of drug-likeness (QED) is 0.684. The second-order valence-electron chi connectivity index (χ2n) is 4.44. The fourth-order valence-corrected chi connectivity index (χ4v) is 1.68. The molecule has 0 bridgehead atoms. The highest BCUT2D eigenvalue weighted by Gasteiger charge is 2.04. The Hall–Kier alpha value is -1.06. The van der Waals surface area contributed by atoms with Gasteiger partial charge in [-0.1, -0.05) is 25.5 Å². The summed E-state index contributed by atoms with van der Waals surface area (Å²) in [6, 6.07) is 8.65. The van der Waals surface area contributed by atoms with Gasteiger partial charge in [0.1, 0.15) is 5.75 Å². The molecule has 102 valence electrons. The van der Waals surface area contributed by atoms with Crippen LogP contribution in [0.5, 0.6) is 5.75 Å². The summed E-state index contributed by atoms with van der Waals surface area (Å²) in [5, 5.41) is 3.41. The van der Waals surface area contributed by atoms with Crippen LogP contribution >= 0.6 is 0 Å². The minimum Gasteiger partial charge on any atom is -0.494 e. The Labute approximate surface area is 110 Å². The van der Waals surface area contributed by atoms with Gasteiger partial charge in [0, 0.05) is 19.7 Å². The molecule has 0 radical (unpaired) electrons. The summed E-state index contributed by atoms with van der Waals surface area (Å²) in [6.45, 7) is 6.73. The molecule has 0 aliphatic rings.